The van der Waals surface area contributed by atoms with Gasteiger partial charge >= 0.3 is 0 Å². The van der Waals surface area contributed by atoms with Crippen molar-refractivity contribution < 1.29 is 9.59 Å². The van der Waals surface area contributed by atoms with Crippen molar-refractivity contribution in [1.29, 1.82) is 0 Å². The summed E-state index contributed by atoms with van der Waals surface area (Å²) in [5.74, 6) is 0.361. The average molecular weight is 373 g/mol. The number of nitrogens with zero attached hydrogens (tertiary/aromatic N) is 3. The number of aromatic nitrogens is 1. The van der Waals surface area contributed by atoms with Gasteiger partial charge in [0.1, 0.15) is 0 Å². The molecule has 2 aliphatic rings. The van der Waals surface area contributed by atoms with Gasteiger partial charge in [0.2, 0.25) is 11.8 Å². The largest absolute Gasteiger partial charge is 0.354 e. The Hall–Kier alpha value is -1.95. The van der Waals surface area contributed by atoms with Crippen molar-refractivity contribution in [3.05, 3.63) is 30.1 Å². The molecule has 2 saturated heterocycles. The monoisotopic (exact) mass is 372 g/mol. The zero-order valence-electron chi connectivity index (χ0n) is 16.6. The highest BCUT2D eigenvalue weighted by atomic mass is 16.2. The Bertz CT molecular complexity index is 649. The number of nitrogens with one attached hydrogen (secondary N) is 1. The first-order valence-corrected chi connectivity index (χ1v) is 10.2. The predicted molar refractivity (Wildman–Crippen MR) is 105 cm³/mol. The van der Waals surface area contributed by atoms with Gasteiger partial charge in [-0.3, -0.25) is 14.6 Å². The third-order valence-electron chi connectivity index (χ3n) is 5.67. The first kappa shape index (κ1) is 19.8. The standard InChI is InChI=1S/C21H32N4O2/c1-17(2)23-19(26)8-13-24-12-5-9-21(15-24)10-7-20(27)25(16-21)14-18-6-3-4-11-22-18/h3-4,6,11,17H,5,7-10,12-16H2,1-2H3,(H,23,26)/t21-/m0/s1. The topological polar surface area (TPSA) is 65.5 Å². The number of piperidine rings is 2. The summed E-state index contributed by atoms with van der Waals surface area (Å²) >= 11 is 0. The highest BCUT2D eigenvalue weighted by molar-refractivity contribution is 5.77. The molecule has 1 spiro atoms. The lowest BCUT2D eigenvalue weighted by molar-refractivity contribution is -0.140. The third-order valence-corrected chi connectivity index (χ3v) is 5.67. The summed E-state index contributed by atoms with van der Waals surface area (Å²) in [6.07, 6.45) is 6.20. The molecule has 148 valence electrons. The minimum Gasteiger partial charge on any atom is -0.354 e. The first-order valence-electron chi connectivity index (χ1n) is 10.2. The van der Waals surface area contributed by atoms with Crippen molar-refractivity contribution in [2.45, 2.75) is 58.5 Å². The van der Waals surface area contributed by atoms with Crippen molar-refractivity contribution in [1.82, 2.24) is 20.1 Å². The zero-order valence-corrected chi connectivity index (χ0v) is 16.6. The molecule has 6 nitrogen and oxygen atoms in total. The van der Waals surface area contributed by atoms with E-state index >= 15 is 0 Å². The molecule has 1 aromatic heterocycles. The minimum atomic E-state index is 0.125. The normalized spacial score (nSPS) is 23.8. The Balaban J connectivity index is 1.57. The van der Waals surface area contributed by atoms with Crippen LogP contribution >= 0.6 is 0 Å². The van der Waals surface area contributed by atoms with Crippen molar-refractivity contribution in [3.8, 4) is 0 Å². The summed E-state index contributed by atoms with van der Waals surface area (Å²) in [6, 6.07) is 6.04. The van der Waals surface area contributed by atoms with Crippen LogP contribution in [0.15, 0.2) is 24.4 Å². The highest BCUT2D eigenvalue weighted by Crippen LogP contribution is 2.39. The molecule has 3 rings (SSSR count). The molecule has 0 saturated carbocycles. The molecule has 2 amide bonds. The summed E-state index contributed by atoms with van der Waals surface area (Å²) in [6.45, 7) is 8.20. The van der Waals surface area contributed by atoms with Crippen molar-refractivity contribution in [2.24, 2.45) is 5.41 Å². The van der Waals surface area contributed by atoms with Gasteiger partial charge in [-0.1, -0.05) is 6.07 Å². The van der Waals surface area contributed by atoms with Crippen LogP contribution in [0, 0.1) is 5.41 Å². The number of hydrogen-bond acceptors (Lipinski definition) is 4. The number of hydrogen-bond donors (Lipinski definition) is 1. The van der Waals surface area contributed by atoms with Crippen molar-refractivity contribution in [3.63, 3.8) is 0 Å². The Morgan fingerprint density at radius 1 is 1.30 bits per heavy atom. The lowest BCUT2D eigenvalue weighted by atomic mass is 9.73. The van der Waals surface area contributed by atoms with Gasteiger partial charge in [-0.05, 0) is 51.8 Å². The molecular weight excluding hydrogens is 340 g/mol. The van der Waals surface area contributed by atoms with E-state index in [0.29, 0.717) is 19.4 Å². The van der Waals surface area contributed by atoms with E-state index in [4.69, 9.17) is 0 Å². The average Bonchev–Trinajstić information content (AvgIpc) is 2.64. The molecule has 3 heterocycles. The van der Waals surface area contributed by atoms with Crippen LogP contribution in [0.2, 0.25) is 0 Å². The molecule has 0 bridgehead atoms. The molecular formula is C21H32N4O2. The molecule has 1 N–H and O–H groups in total. The number of carbonyl (C=O) groups is 2. The summed E-state index contributed by atoms with van der Waals surface area (Å²) in [5.41, 5.74) is 1.11. The third kappa shape index (κ3) is 5.51. The van der Waals surface area contributed by atoms with Crippen molar-refractivity contribution >= 4 is 11.8 Å². The molecule has 27 heavy (non-hydrogen) atoms. The SMILES string of the molecule is CC(C)NC(=O)CCN1CCC[C@]2(CCC(=O)N(Cc3ccccn3)C2)C1. The minimum absolute atomic E-state index is 0.125. The van der Waals surface area contributed by atoms with E-state index in [1.807, 2.05) is 36.9 Å². The Kier molecular flexibility index (Phi) is 6.47. The smallest absolute Gasteiger partial charge is 0.222 e. The van der Waals surface area contributed by atoms with Gasteiger partial charge in [0.05, 0.1) is 12.2 Å². The summed E-state index contributed by atoms with van der Waals surface area (Å²) < 4.78 is 0. The van der Waals surface area contributed by atoms with Gasteiger partial charge in [0.25, 0.3) is 0 Å². The van der Waals surface area contributed by atoms with E-state index in [-0.39, 0.29) is 23.3 Å². The number of carbonyl (C=O) groups excluding carboxylic acids is 2. The fourth-order valence-electron chi connectivity index (χ4n) is 4.42. The molecule has 1 aromatic rings. The van der Waals surface area contributed by atoms with Gasteiger partial charge in [-0.15, -0.1) is 0 Å². The number of amides is 2. The van der Waals surface area contributed by atoms with Crippen LogP contribution in [0.5, 0.6) is 0 Å². The highest BCUT2D eigenvalue weighted by Gasteiger charge is 2.41. The number of rotatable bonds is 6. The lowest BCUT2D eigenvalue weighted by Crippen LogP contribution is -2.54. The van der Waals surface area contributed by atoms with E-state index < -0.39 is 0 Å². The van der Waals surface area contributed by atoms with Crippen LogP contribution in [-0.4, -0.2) is 58.8 Å². The predicted octanol–water partition coefficient (Wildman–Crippen LogP) is 2.20. The van der Waals surface area contributed by atoms with Crippen LogP contribution in [0.3, 0.4) is 0 Å². The lowest BCUT2D eigenvalue weighted by Gasteiger charge is -2.48. The first-order chi connectivity index (χ1) is 13.0. The Labute approximate surface area is 162 Å². The zero-order chi connectivity index (χ0) is 19.3. The van der Waals surface area contributed by atoms with Gasteiger partial charge < -0.3 is 15.1 Å². The van der Waals surface area contributed by atoms with Gasteiger partial charge in [-0.2, -0.15) is 0 Å². The fraction of sp³-hybridized carbons (Fsp3) is 0.667. The molecule has 0 radical (unpaired) electrons. The van der Waals surface area contributed by atoms with E-state index in [2.05, 4.69) is 15.2 Å². The quantitative estimate of drug-likeness (QED) is 0.831. The van der Waals surface area contributed by atoms with E-state index in [9.17, 15) is 9.59 Å². The van der Waals surface area contributed by atoms with E-state index in [1.165, 1.54) is 0 Å². The van der Waals surface area contributed by atoms with Crippen LogP contribution in [0.25, 0.3) is 0 Å². The van der Waals surface area contributed by atoms with Gasteiger partial charge in [-0.25, -0.2) is 0 Å². The molecule has 0 aromatic carbocycles. The van der Waals surface area contributed by atoms with Crippen molar-refractivity contribution in [2.75, 3.05) is 26.2 Å². The van der Waals surface area contributed by atoms with Gasteiger partial charge in [0, 0.05) is 50.1 Å². The van der Waals surface area contributed by atoms with E-state index in [0.717, 1.165) is 51.1 Å². The van der Waals surface area contributed by atoms with E-state index in [1.54, 1.807) is 6.20 Å². The maximum atomic E-state index is 12.5. The molecule has 1 atom stereocenters. The second kappa shape index (κ2) is 8.83. The number of pyridine rings is 1. The summed E-state index contributed by atoms with van der Waals surface area (Å²) in [4.78, 5) is 33.2. The Morgan fingerprint density at radius 3 is 2.89 bits per heavy atom. The molecule has 6 heteroatoms. The number of likely N-dealkylation sites (tertiary alicyclic amines) is 2. The van der Waals surface area contributed by atoms with Crippen LogP contribution in [0.4, 0.5) is 0 Å². The Morgan fingerprint density at radius 2 is 2.15 bits per heavy atom. The van der Waals surface area contributed by atoms with Gasteiger partial charge in [0.15, 0.2) is 0 Å². The fourth-order valence-corrected chi connectivity index (χ4v) is 4.42. The summed E-state index contributed by atoms with van der Waals surface area (Å²) in [7, 11) is 0. The molecule has 2 fully saturated rings. The molecule has 2 aliphatic heterocycles. The maximum absolute atomic E-state index is 12.5. The van der Waals surface area contributed by atoms with Crippen LogP contribution in [0.1, 0.15) is 51.6 Å². The molecule has 0 unspecified atom stereocenters. The summed E-state index contributed by atoms with van der Waals surface area (Å²) in [5, 5.41) is 2.97. The van der Waals surface area contributed by atoms with Crippen LogP contribution < -0.4 is 5.32 Å². The molecule has 0 aliphatic carbocycles. The van der Waals surface area contributed by atoms with Crippen LogP contribution in [-0.2, 0) is 16.1 Å². The second-order valence-electron chi connectivity index (χ2n) is 8.42. The maximum Gasteiger partial charge on any atom is 0.222 e. The second-order valence-corrected chi connectivity index (χ2v) is 8.42.